The van der Waals surface area contributed by atoms with Crippen LogP contribution in [-0.2, 0) is 6.54 Å². The number of hydrogen-bond donors (Lipinski definition) is 1. The molecule has 18 heavy (non-hydrogen) atoms. The fourth-order valence-electron chi connectivity index (χ4n) is 1.62. The largest absolute Gasteiger partial charge is 0.309 e. The molecule has 2 aromatic heterocycles. The Bertz CT molecular complexity index is 493. The summed E-state index contributed by atoms with van der Waals surface area (Å²) < 4.78 is 0. The molecule has 2 heterocycles. The lowest BCUT2D eigenvalue weighted by molar-refractivity contribution is 0.536. The minimum Gasteiger partial charge on any atom is -0.309 e. The first-order valence-electron chi connectivity index (χ1n) is 6.30. The molecule has 1 atom stereocenters. The van der Waals surface area contributed by atoms with Gasteiger partial charge in [0.2, 0.25) is 0 Å². The average molecular weight is 261 g/mol. The molecule has 0 radical (unpaired) electrons. The van der Waals surface area contributed by atoms with Gasteiger partial charge in [-0.3, -0.25) is 4.98 Å². The zero-order valence-electron chi connectivity index (χ0n) is 11.1. The molecule has 0 aliphatic heterocycles. The van der Waals surface area contributed by atoms with Crippen molar-refractivity contribution < 1.29 is 0 Å². The summed E-state index contributed by atoms with van der Waals surface area (Å²) in [6.07, 6.45) is 4.80. The van der Waals surface area contributed by atoms with Gasteiger partial charge in [-0.25, -0.2) is 4.98 Å². The summed E-state index contributed by atoms with van der Waals surface area (Å²) in [5.41, 5.74) is 2.22. The van der Waals surface area contributed by atoms with E-state index in [1.807, 2.05) is 12.3 Å². The van der Waals surface area contributed by atoms with Crippen LogP contribution in [0, 0.1) is 6.92 Å². The zero-order valence-corrected chi connectivity index (χ0v) is 11.9. The molecule has 0 saturated carbocycles. The van der Waals surface area contributed by atoms with Crippen molar-refractivity contribution in [3.63, 3.8) is 0 Å². The minimum absolute atomic E-state index is 0.549. The predicted octanol–water partition coefficient (Wildman–Crippen LogP) is 3.40. The van der Waals surface area contributed by atoms with Crippen molar-refractivity contribution in [3.8, 4) is 10.6 Å². The summed E-state index contributed by atoms with van der Waals surface area (Å²) in [5, 5.41) is 4.57. The fourth-order valence-corrected chi connectivity index (χ4v) is 2.62. The number of rotatable bonds is 5. The predicted molar refractivity (Wildman–Crippen MR) is 76.7 cm³/mol. The van der Waals surface area contributed by atoms with E-state index in [-0.39, 0.29) is 0 Å². The van der Waals surface area contributed by atoms with E-state index in [1.54, 1.807) is 17.5 Å². The third-order valence-electron chi connectivity index (χ3n) is 3.02. The first-order chi connectivity index (χ1) is 8.70. The van der Waals surface area contributed by atoms with Crippen LogP contribution in [0.5, 0.6) is 0 Å². The lowest BCUT2D eigenvalue weighted by Gasteiger charge is -2.09. The van der Waals surface area contributed by atoms with Crippen LogP contribution in [0.4, 0.5) is 0 Å². The third kappa shape index (κ3) is 3.15. The van der Waals surface area contributed by atoms with Crippen molar-refractivity contribution in [1.82, 2.24) is 15.3 Å². The molecule has 0 fully saturated rings. The van der Waals surface area contributed by atoms with Gasteiger partial charge >= 0.3 is 0 Å². The fraction of sp³-hybridized carbons (Fsp3) is 0.429. The number of aryl methyl sites for hydroxylation is 1. The zero-order chi connectivity index (χ0) is 13.0. The average Bonchev–Trinajstić information content (AvgIpc) is 2.78. The summed E-state index contributed by atoms with van der Waals surface area (Å²) in [6.45, 7) is 7.37. The highest BCUT2D eigenvalue weighted by Crippen LogP contribution is 2.27. The van der Waals surface area contributed by atoms with Crippen molar-refractivity contribution in [1.29, 1.82) is 0 Å². The monoisotopic (exact) mass is 261 g/mol. The van der Waals surface area contributed by atoms with Crippen LogP contribution in [0.25, 0.3) is 10.6 Å². The van der Waals surface area contributed by atoms with Gasteiger partial charge in [0, 0.05) is 35.4 Å². The molecule has 1 N–H and O–H groups in total. The number of hydrogen-bond acceptors (Lipinski definition) is 4. The summed E-state index contributed by atoms with van der Waals surface area (Å²) in [6, 6.07) is 4.55. The lowest BCUT2D eigenvalue weighted by atomic mass is 10.2. The Balaban J connectivity index is 2.12. The smallest absolute Gasteiger partial charge is 0.125 e. The van der Waals surface area contributed by atoms with E-state index < -0.39 is 0 Å². The van der Waals surface area contributed by atoms with Crippen LogP contribution >= 0.6 is 11.3 Å². The lowest BCUT2D eigenvalue weighted by Crippen LogP contribution is -2.24. The molecule has 0 saturated heterocycles. The Morgan fingerprint density at radius 1 is 1.44 bits per heavy atom. The number of nitrogens with zero attached hydrogens (tertiary/aromatic N) is 2. The Labute approximate surface area is 112 Å². The quantitative estimate of drug-likeness (QED) is 0.896. The number of thiazole rings is 1. The first-order valence-corrected chi connectivity index (χ1v) is 7.12. The summed E-state index contributed by atoms with van der Waals surface area (Å²) in [5.74, 6) is 0. The summed E-state index contributed by atoms with van der Waals surface area (Å²) in [7, 11) is 0. The van der Waals surface area contributed by atoms with Gasteiger partial charge in [-0.15, -0.1) is 11.3 Å². The Morgan fingerprint density at radius 2 is 2.28 bits per heavy atom. The van der Waals surface area contributed by atoms with E-state index in [1.165, 1.54) is 4.88 Å². The second-order valence-electron chi connectivity index (χ2n) is 4.46. The van der Waals surface area contributed by atoms with E-state index in [0.29, 0.717) is 6.04 Å². The van der Waals surface area contributed by atoms with Gasteiger partial charge in [-0.2, -0.15) is 0 Å². The number of aromatic nitrogens is 2. The van der Waals surface area contributed by atoms with Crippen molar-refractivity contribution in [3.05, 3.63) is 35.1 Å². The summed E-state index contributed by atoms with van der Waals surface area (Å²) in [4.78, 5) is 10.1. The van der Waals surface area contributed by atoms with Crippen LogP contribution in [0.1, 0.15) is 30.8 Å². The molecular weight excluding hydrogens is 242 g/mol. The molecule has 0 aromatic carbocycles. The van der Waals surface area contributed by atoms with Crippen molar-refractivity contribution in [2.24, 2.45) is 0 Å². The van der Waals surface area contributed by atoms with E-state index in [9.17, 15) is 0 Å². The molecular formula is C14H19N3S. The van der Waals surface area contributed by atoms with Crippen LogP contribution in [0.3, 0.4) is 0 Å². The molecule has 0 amide bonds. The summed E-state index contributed by atoms with van der Waals surface area (Å²) >= 11 is 1.75. The maximum atomic E-state index is 4.62. The van der Waals surface area contributed by atoms with Gasteiger partial charge < -0.3 is 5.32 Å². The van der Waals surface area contributed by atoms with Crippen molar-refractivity contribution in [2.75, 3.05) is 0 Å². The third-order valence-corrected chi connectivity index (χ3v) is 4.23. The van der Waals surface area contributed by atoms with Gasteiger partial charge in [-0.1, -0.05) is 6.92 Å². The minimum atomic E-state index is 0.549. The second kappa shape index (κ2) is 6.07. The SMILES string of the molecule is CCC(C)NCc1sc(-c2cccnc2)nc1C. The van der Waals surface area contributed by atoms with Gasteiger partial charge in [0.25, 0.3) is 0 Å². The van der Waals surface area contributed by atoms with Crippen LogP contribution < -0.4 is 5.32 Å². The van der Waals surface area contributed by atoms with Crippen LogP contribution in [0.15, 0.2) is 24.5 Å². The van der Waals surface area contributed by atoms with Crippen molar-refractivity contribution >= 4 is 11.3 Å². The molecule has 0 spiro atoms. The molecule has 4 heteroatoms. The molecule has 0 aliphatic rings. The maximum Gasteiger partial charge on any atom is 0.125 e. The highest BCUT2D eigenvalue weighted by atomic mass is 32.1. The van der Waals surface area contributed by atoms with E-state index in [0.717, 1.165) is 29.2 Å². The first kappa shape index (κ1) is 13.2. The van der Waals surface area contributed by atoms with Crippen LogP contribution in [0.2, 0.25) is 0 Å². The highest BCUT2D eigenvalue weighted by molar-refractivity contribution is 7.15. The standard InChI is InChI=1S/C14H19N3S/c1-4-10(2)16-9-13-11(3)17-14(18-13)12-6-5-7-15-8-12/h5-8,10,16H,4,9H2,1-3H3. The van der Waals surface area contributed by atoms with Crippen LogP contribution in [-0.4, -0.2) is 16.0 Å². The normalized spacial score (nSPS) is 12.6. The molecule has 2 rings (SSSR count). The van der Waals surface area contributed by atoms with Gasteiger partial charge in [0.05, 0.1) is 5.69 Å². The molecule has 0 aliphatic carbocycles. The van der Waals surface area contributed by atoms with E-state index >= 15 is 0 Å². The molecule has 3 nitrogen and oxygen atoms in total. The van der Waals surface area contributed by atoms with Gasteiger partial charge in [-0.05, 0) is 32.4 Å². The molecule has 2 aromatic rings. The van der Waals surface area contributed by atoms with E-state index in [2.05, 4.69) is 42.1 Å². The number of pyridine rings is 1. The Morgan fingerprint density at radius 3 is 2.94 bits per heavy atom. The Hall–Kier alpha value is -1.26. The molecule has 0 bridgehead atoms. The topological polar surface area (TPSA) is 37.8 Å². The highest BCUT2D eigenvalue weighted by Gasteiger charge is 2.09. The van der Waals surface area contributed by atoms with Crippen molar-refractivity contribution in [2.45, 2.75) is 39.8 Å². The van der Waals surface area contributed by atoms with Gasteiger partial charge in [0.1, 0.15) is 5.01 Å². The maximum absolute atomic E-state index is 4.62. The second-order valence-corrected chi connectivity index (χ2v) is 5.54. The van der Waals surface area contributed by atoms with Gasteiger partial charge in [0.15, 0.2) is 0 Å². The molecule has 96 valence electrons. The number of nitrogens with one attached hydrogen (secondary N) is 1. The molecule has 1 unspecified atom stereocenters. The van der Waals surface area contributed by atoms with E-state index in [4.69, 9.17) is 0 Å². The Kier molecular flexibility index (Phi) is 4.44.